The van der Waals surface area contributed by atoms with Gasteiger partial charge in [0, 0.05) is 5.92 Å². The van der Waals surface area contributed by atoms with Crippen molar-refractivity contribution in [2.24, 2.45) is 5.92 Å². The summed E-state index contributed by atoms with van der Waals surface area (Å²) in [6, 6.07) is 9.74. The Labute approximate surface area is 78.0 Å². The predicted octanol–water partition coefficient (Wildman–Crippen LogP) is 2.46. The van der Waals surface area contributed by atoms with Gasteiger partial charge >= 0.3 is 0 Å². The normalized spacial score (nSPS) is 17.9. The largest absolute Gasteiger partial charge is 0.387 e. The number of allylic oxidation sites excluding steroid dienone is 2. The lowest BCUT2D eigenvalue weighted by Crippen LogP contribution is -2.06. The average molecular weight is 172 g/mol. The first-order valence-electron chi connectivity index (χ1n) is 4.46. The molecule has 2 rings (SSSR count). The molecule has 1 aliphatic carbocycles. The molecule has 0 aromatic heterocycles. The van der Waals surface area contributed by atoms with Gasteiger partial charge in [0.1, 0.15) is 0 Å². The summed E-state index contributed by atoms with van der Waals surface area (Å²) in [5, 5.41) is 9.92. The summed E-state index contributed by atoms with van der Waals surface area (Å²) >= 11 is 0. The molecule has 0 saturated heterocycles. The topological polar surface area (TPSA) is 20.2 Å². The second-order valence-corrected chi connectivity index (χ2v) is 3.20. The smallest absolute Gasteiger partial charge is 0.0887 e. The predicted molar refractivity (Wildman–Crippen MR) is 53.2 cm³/mol. The van der Waals surface area contributed by atoms with Gasteiger partial charge in [-0.25, -0.2) is 0 Å². The van der Waals surface area contributed by atoms with Gasteiger partial charge in [0.05, 0.1) is 6.10 Å². The van der Waals surface area contributed by atoms with Crippen molar-refractivity contribution in [1.29, 1.82) is 0 Å². The minimum Gasteiger partial charge on any atom is -0.387 e. The van der Waals surface area contributed by atoms with Gasteiger partial charge in [0.2, 0.25) is 0 Å². The van der Waals surface area contributed by atoms with Crippen LogP contribution in [0.3, 0.4) is 0 Å². The minimum atomic E-state index is -0.406. The molecule has 0 saturated carbocycles. The fourth-order valence-corrected chi connectivity index (χ4v) is 1.53. The summed E-state index contributed by atoms with van der Waals surface area (Å²) in [5.74, 6) is 0.141. The Hall–Kier alpha value is -1.34. The molecule has 0 amide bonds. The zero-order valence-corrected chi connectivity index (χ0v) is 7.30. The highest BCUT2D eigenvalue weighted by molar-refractivity contribution is 5.26. The van der Waals surface area contributed by atoms with E-state index in [9.17, 15) is 5.11 Å². The van der Waals surface area contributed by atoms with Crippen LogP contribution in [-0.2, 0) is 0 Å². The van der Waals surface area contributed by atoms with Crippen molar-refractivity contribution in [3.8, 4) is 0 Å². The van der Waals surface area contributed by atoms with E-state index in [2.05, 4.69) is 0 Å². The summed E-state index contributed by atoms with van der Waals surface area (Å²) < 4.78 is 0. The van der Waals surface area contributed by atoms with E-state index >= 15 is 0 Å². The first-order chi connectivity index (χ1) is 6.38. The highest BCUT2D eigenvalue weighted by Gasteiger charge is 2.16. The molecule has 0 heterocycles. The zero-order chi connectivity index (χ0) is 9.10. The number of aliphatic hydroxyl groups excluding tert-OH is 1. The number of hydrogen-bond acceptors (Lipinski definition) is 1. The lowest BCUT2D eigenvalue weighted by atomic mass is 9.97. The van der Waals surface area contributed by atoms with Crippen LogP contribution in [0.15, 0.2) is 54.6 Å². The fourth-order valence-electron chi connectivity index (χ4n) is 1.53. The first kappa shape index (κ1) is 8.27. The van der Waals surface area contributed by atoms with Crippen LogP contribution in [0.5, 0.6) is 0 Å². The Morgan fingerprint density at radius 2 is 1.62 bits per heavy atom. The zero-order valence-electron chi connectivity index (χ0n) is 7.30. The standard InChI is InChI=1S/C12H12O/c13-12(11-8-4-5-9-11)10-6-2-1-3-7-10/h1-9,11-13H. The highest BCUT2D eigenvalue weighted by atomic mass is 16.3. The fraction of sp³-hybridized carbons (Fsp3) is 0.167. The number of hydrogen-bond donors (Lipinski definition) is 1. The molecule has 66 valence electrons. The van der Waals surface area contributed by atoms with E-state index in [0.717, 1.165) is 5.56 Å². The maximum atomic E-state index is 9.92. The Morgan fingerprint density at radius 3 is 2.23 bits per heavy atom. The van der Waals surface area contributed by atoms with Crippen molar-refractivity contribution in [3.05, 3.63) is 60.2 Å². The molecule has 0 bridgehead atoms. The molecule has 13 heavy (non-hydrogen) atoms. The molecule has 1 aliphatic rings. The van der Waals surface area contributed by atoms with Crippen LogP contribution in [0, 0.1) is 5.92 Å². The molecule has 0 spiro atoms. The van der Waals surface area contributed by atoms with Gasteiger partial charge < -0.3 is 5.11 Å². The van der Waals surface area contributed by atoms with E-state index in [1.807, 2.05) is 54.6 Å². The van der Waals surface area contributed by atoms with Crippen LogP contribution >= 0.6 is 0 Å². The summed E-state index contributed by atoms with van der Waals surface area (Å²) in [4.78, 5) is 0. The minimum absolute atomic E-state index is 0.141. The van der Waals surface area contributed by atoms with E-state index in [1.165, 1.54) is 0 Å². The van der Waals surface area contributed by atoms with Gasteiger partial charge in [-0.05, 0) is 5.56 Å². The third-order valence-corrected chi connectivity index (χ3v) is 2.28. The molecule has 1 unspecified atom stereocenters. The molecule has 1 heteroatoms. The van der Waals surface area contributed by atoms with E-state index < -0.39 is 6.10 Å². The van der Waals surface area contributed by atoms with Crippen molar-refractivity contribution < 1.29 is 5.11 Å². The highest BCUT2D eigenvalue weighted by Crippen LogP contribution is 2.26. The molecular weight excluding hydrogens is 160 g/mol. The summed E-state index contributed by atoms with van der Waals surface area (Å²) in [6.45, 7) is 0. The molecule has 0 fully saturated rings. The molecular formula is C12H12O. The van der Waals surface area contributed by atoms with Crippen molar-refractivity contribution >= 4 is 0 Å². The van der Waals surface area contributed by atoms with Crippen molar-refractivity contribution in [2.45, 2.75) is 6.10 Å². The quantitative estimate of drug-likeness (QED) is 0.726. The monoisotopic (exact) mass is 172 g/mol. The number of aliphatic hydroxyl groups is 1. The van der Waals surface area contributed by atoms with Crippen LogP contribution in [-0.4, -0.2) is 5.11 Å². The molecule has 1 atom stereocenters. The van der Waals surface area contributed by atoms with Crippen molar-refractivity contribution in [3.63, 3.8) is 0 Å². The van der Waals surface area contributed by atoms with Gasteiger partial charge in [-0.15, -0.1) is 0 Å². The molecule has 0 radical (unpaired) electrons. The third-order valence-electron chi connectivity index (χ3n) is 2.28. The first-order valence-corrected chi connectivity index (χ1v) is 4.46. The lowest BCUT2D eigenvalue weighted by molar-refractivity contribution is 0.152. The van der Waals surface area contributed by atoms with Crippen LogP contribution in [0.25, 0.3) is 0 Å². The van der Waals surface area contributed by atoms with Crippen molar-refractivity contribution in [1.82, 2.24) is 0 Å². The van der Waals surface area contributed by atoms with E-state index in [0.29, 0.717) is 0 Å². The SMILES string of the molecule is OC(c1ccccc1)C1C=CC=C1. The molecule has 1 nitrogen and oxygen atoms in total. The Balaban J connectivity index is 2.18. The van der Waals surface area contributed by atoms with E-state index in [4.69, 9.17) is 0 Å². The molecule has 0 aliphatic heterocycles. The maximum Gasteiger partial charge on any atom is 0.0887 e. The van der Waals surface area contributed by atoms with Crippen LogP contribution in [0.4, 0.5) is 0 Å². The van der Waals surface area contributed by atoms with Gasteiger partial charge in [0.15, 0.2) is 0 Å². The summed E-state index contributed by atoms with van der Waals surface area (Å²) in [7, 11) is 0. The third kappa shape index (κ3) is 1.70. The molecule has 1 aromatic rings. The van der Waals surface area contributed by atoms with Crippen LogP contribution in [0.2, 0.25) is 0 Å². The van der Waals surface area contributed by atoms with Crippen LogP contribution < -0.4 is 0 Å². The average Bonchev–Trinajstić information content (AvgIpc) is 2.71. The lowest BCUT2D eigenvalue weighted by Gasteiger charge is -2.14. The second kappa shape index (κ2) is 3.58. The van der Waals surface area contributed by atoms with E-state index in [-0.39, 0.29) is 5.92 Å². The van der Waals surface area contributed by atoms with Crippen molar-refractivity contribution in [2.75, 3.05) is 0 Å². The summed E-state index contributed by atoms with van der Waals surface area (Å²) in [6.07, 6.45) is 7.56. The van der Waals surface area contributed by atoms with Gasteiger partial charge in [0.25, 0.3) is 0 Å². The second-order valence-electron chi connectivity index (χ2n) is 3.20. The Morgan fingerprint density at radius 1 is 1.00 bits per heavy atom. The Kier molecular flexibility index (Phi) is 2.28. The maximum absolute atomic E-state index is 9.92. The number of benzene rings is 1. The molecule has 1 N–H and O–H groups in total. The number of rotatable bonds is 2. The summed E-state index contributed by atoms with van der Waals surface area (Å²) in [5.41, 5.74) is 0.976. The molecule has 1 aromatic carbocycles. The van der Waals surface area contributed by atoms with Gasteiger partial charge in [-0.3, -0.25) is 0 Å². The van der Waals surface area contributed by atoms with E-state index in [1.54, 1.807) is 0 Å². The van der Waals surface area contributed by atoms with Gasteiger partial charge in [-0.1, -0.05) is 54.6 Å². The van der Waals surface area contributed by atoms with Gasteiger partial charge in [-0.2, -0.15) is 0 Å². The Bertz CT molecular complexity index is 312. The van der Waals surface area contributed by atoms with Crippen LogP contribution in [0.1, 0.15) is 11.7 Å².